The van der Waals surface area contributed by atoms with Gasteiger partial charge in [0.05, 0.1) is 16.3 Å². The fourth-order valence-electron chi connectivity index (χ4n) is 2.21. The first-order valence-electron chi connectivity index (χ1n) is 7.39. The number of hydrogen-bond donors (Lipinski definition) is 2. The molecule has 11 heteroatoms. The number of nitrogens with zero attached hydrogens (tertiary/aromatic N) is 3. The normalized spacial score (nSPS) is 11.7. The summed E-state index contributed by atoms with van der Waals surface area (Å²) in [7, 11) is -4.57. The molecule has 0 saturated heterocycles. The fraction of sp³-hybridized carbons (Fsp3) is 0. The minimum Gasteiger partial charge on any atom is -0.744 e. The van der Waals surface area contributed by atoms with Crippen LogP contribution in [-0.2, 0) is 10.1 Å². The summed E-state index contributed by atoms with van der Waals surface area (Å²) in [6.45, 7) is 0. The van der Waals surface area contributed by atoms with Gasteiger partial charge in [0.25, 0.3) is 5.56 Å². The number of hydrogen-bond acceptors (Lipinski definition) is 8. The van der Waals surface area contributed by atoms with Crippen LogP contribution in [0.4, 0.5) is 11.4 Å². The molecule has 138 valence electrons. The molecular weight excluding hydrogens is 392 g/mol. The number of para-hydroxylation sites is 1. The van der Waals surface area contributed by atoms with Crippen molar-refractivity contribution in [1.29, 1.82) is 0 Å². The highest BCUT2D eigenvalue weighted by Crippen LogP contribution is 2.27. The van der Waals surface area contributed by atoms with E-state index in [2.05, 4.69) is 15.2 Å². The van der Waals surface area contributed by atoms with Crippen LogP contribution in [-0.4, -0.2) is 27.6 Å². The number of nitrogens with one attached hydrogen (secondary N) is 1. The van der Waals surface area contributed by atoms with E-state index in [1.165, 1.54) is 16.7 Å². The van der Waals surface area contributed by atoms with Crippen LogP contribution in [0.5, 0.6) is 5.88 Å². The Kier molecular flexibility index (Phi) is 4.99. The first-order chi connectivity index (χ1) is 12.8. The Morgan fingerprint density at radius 2 is 1.67 bits per heavy atom. The van der Waals surface area contributed by atoms with Gasteiger partial charge in [-0.05, 0) is 48.6 Å². The molecule has 3 rings (SSSR count). The number of azo groups is 1. The van der Waals surface area contributed by atoms with Crippen LogP contribution in [0.1, 0.15) is 0 Å². The zero-order valence-corrected chi connectivity index (χ0v) is 15.1. The molecule has 0 fully saturated rings. The lowest BCUT2D eigenvalue weighted by Crippen LogP contribution is -2.12. The summed E-state index contributed by atoms with van der Waals surface area (Å²) in [5.41, 5.74) is -0.437. The molecule has 0 aliphatic carbocycles. The molecule has 3 aromatic rings. The Balaban J connectivity index is 2.04. The van der Waals surface area contributed by atoms with Gasteiger partial charge in [-0.15, -0.1) is 5.11 Å². The third-order valence-corrected chi connectivity index (χ3v) is 4.60. The third-order valence-electron chi connectivity index (χ3n) is 3.47. The Morgan fingerprint density at radius 3 is 2.26 bits per heavy atom. The van der Waals surface area contributed by atoms with Gasteiger partial charge in [-0.2, -0.15) is 5.11 Å². The van der Waals surface area contributed by atoms with E-state index in [1.807, 2.05) is 0 Å². The number of aromatic nitrogens is 2. The largest absolute Gasteiger partial charge is 0.744 e. The van der Waals surface area contributed by atoms with E-state index in [9.17, 15) is 22.9 Å². The molecular formula is C16H11N4O5S2-. The maximum absolute atomic E-state index is 12.1. The molecule has 1 aromatic heterocycles. The fourth-order valence-corrected chi connectivity index (χ4v) is 2.96. The Bertz CT molecular complexity index is 1230. The number of H-pyrrole nitrogens is 1. The first kappa shape index (κ1) is 18.6. The minimum absolute atomic E-state index is 0.0207. The maximum Gasteiger partial charge on any atom is 0.283 e. The summed E-state index contributed by atoms with van der Waals surface area (Å²) in [4.78, 5) is 14.1. The van der Waals surface area contributed by atoms with Gasteiger partial charge in [0.2, 0.25) is 11.6 Å². The van der Waals surface area contributed by atoms with Crippen LogP contribution in [0.15, 0.2) is 74.5 Å². The van der Waals surface area contributed by atoms with Gasteiger partial charge in [0.15, 0.2) is 4.77 Å². The second-order valence-corrected chi connectivity index (χ2v) is 7.02. The second-order valence-electron chi connectivity index (χ2n) is 5.25. The lowest BCUT2D eigenvalue weighted by molar-refractivity contribution is 0.435. The summed E-state index contributed by atoms with van der Waals surface area (Å²) in [6, 6.07) is 13.2. The van der Waals surface area contributed by atoms with Crippen molar-refractivity contribution in [1.82, 2.24) is 9.55 Å². The monoisotopic (exact) mass is 403 g/mol. The van der Waals surface area contributed by atoms with Crippen LogP contribution < -0.4 is 5.56 Å². The standard InChI is InChI=1S/C16H12N4O5S2/c21-14-13(19-18-10-6-8-12(9-7-10)27(23,24)25)15(22)20(16(26)17-14)11-4-2-1-3-5-11/h1-9,22H,(H,17,21,26)(H,23,24,25)/p-1. The topological polar surface area (TPSA) is 140 Å². The Morgan fingerprint density at radius 1 is 1.04 bits per heavy atom. The van der Waals surface area contributed by atoms with Crippen LogP contribution >= 0.6 is 12.2 Å². The molecule has 0 radical (unpaired) electrons. The summed E-state index contributed by atoms with van der Waals surface area (Å²) in [6.07, 6.45) is 0. The molecule has 2 aromatic carbocycles. The van der Waals surface area contributed by atoms with E-state index in [0.29, 0.717) is 5.69 Å². The zero-order valence-electron chi connectivity index (χ0n) is 13.4. The highest BCUT2D eigenvalue weighted by atomic mass is 32.2. The van der Waals surface area contributed by atoms with Gasteiger partial charge in [0.1, 0.15) is 10.1 Å². The van der Waals surface area contributed by atoms with Crippen molar-refractivity contribution in [2.45, 2.75) is 4.90 Å². The minimum atomic E-state index is -4.57. The van der Waals surface area contributed by atoms with E-state index in [1.54, 1.807) is 30.3 Å². The molecule has 0 unspecified atom stereocenters. The predicted molar refractivity (Wildman–Crippen MR) is 97.5 cm³/mol. The molecule has 0 aliphatic heterocycles. The van der Waals surface area contributed by atoms with Gasteiger partial charge < -0.3 is 9.66 Å². The van der Waals surface area contributed by atoms with E-state index < -0.39 is 26.5 Å². The van der Waals surface area contributed by atoms with Crippen LogP contribution in [0.25, 0.3) is 5.69 Å². The Hall–Kier alpha value is -3.15. The molecule has 1 heterocycles. The zero-order chi connectivity index (χ0) is 19.6. The smallest absolute Gasteiger partial charge is 0.283 e. The third kappa shape index (κ3) is 4.00. The van der Waals surface area contributed by atoms with Gasteiger partial charge in [-0.25, -0.2) is 8.42 Å². The second kappa shape index (κ2) is 7.23. The quantitative estimate of drug-likeness (QED) is 0.390. The molecule has 2 N–H and O–H groups in total. The van der Waals surface area contributed by atoms with E-state index >= 15 is 0 Å². The molecule has 27 heavy (non-hydrogen) atoms. The summed E-state index contributed by atoms with van der Waals surface area (Å²) in [5.74, 6) is -0.502. The van der Waals surface area contributed by atoms with Crippen LogP contribution in [0.3, 0.4) is 0 Å². The van der Waals surface area contributed by atoms with Crippen molar-refractivity contribution >= 4 is 33.7 Å². The van der Waals surface area contributed by atoms with Crippen molar-refractivity contribution in [2.75, 3.05) is 0 Å². The lowest BCUT2D eigenvalue weighted by Gasteiger charge is -2.10. The average molecular weight is 403 g/mol. The number of benzene rings is 2. The Labute approximate surface area is 158 Å². The van der Waals surface area contributed by atoms with Gasteiger partial charge in [0, 0.05) is 0 Å². The van der Waals surface area contributed by atoms with Crippen LogP contribution in [0.2, 0.25) is 0 Å². The molecule has 0 spiro atoms. The molecule has 0 bridgehead atoms. The molecule has 0 amide bonds. The highest BCUT2D eigenvalue weighted by Gasteiger charge is 2.13. The van der Waals surface area contributed by atoms with Gasteiger partial charge >= 0.3 is 0 Å². The summed E-state index contributed by atoms with van der Waals surface area (Å²) >= 11 is 5.08. The molecule has 0 atom stereocenters. The summed E-state index contributed by atoms with van der Waals surface area (Å²) in [5, 5.41) is 18.0. The number of aromatic amines is 1. The lowest BCUT2D eigenvalue weighted by atomic mass is 10.3. The van der Waals surface area contributed by atoms with Crippen LogP contribution in [0, 0.1) is 4.77 Å². The van der Waals surface area contributed by atoms with Crippen molar-refractivity contribution in [3.05, 3.63) is 69.7 Å². The molecule has 9 nitrogen and oxygen atoms in total. The van der Waals surface area contributed by atoms with E-state index in [0.717, 1.165) is 12.1 Å². The van der Waals surface area contributed by atoms with E-state index in [4.69, 9.17) is 12.2 Å². The summed E-state index contributed by atoms with van der Waals surface area (Å²) < 4.78 is 33.9. The number of rotatable bonds is 4. The predicted octanol–water partition coefficient (Wildman–Crippen LogP) is 2.92. The first-order valence-corrected chi connectivity index (χ1v) is 9.20. The van der Waals surface area contributed by atoms with E-state index in [-0.39, 0.29) is 16.1 Å². The van der Waals surface area contributed by atoms with Crippen molar-refractivity contribution in [3.63, 3.8) is 0 Å². The van der Waals surface area contributed by atoms with Gasteiger partial charge in [-0.1, -0.05) is 18.2 Å². The van der Waals surface area contributed by atoms with Crippen molar-refractivity contribution in [2.24, 2.45) is 10.2 Å². The average Bonchev–Trinajstić information content (AvgIpc) is 2.62. The highest BCUT2D eigenvalue weighted by molar-refractivity contribution is 7.85. The maximum atomic E-state index is 12.1. The van der Waals surface area contributed by atoms with Gasteiger partial charge in [-0.3, -0.25) is 14.3 Å². The molecule has 0 saturated carbocycles. The number of aromatic hydroxyl groups is 1. The molecule has 0 aliphatic rings. The van der Waals surface area contributed by atoms with Crippen molar-refractivity contribution < 1.29 is 18.1 Å². The SMILES string of the molecule is O=c1[nH]c(=S)n(-c2ccccc2)c(O)c1N=Nc1ccc(S(=O)(=O)[O-])cc1. The van der Waals surface area contributed by atoms with Crippen molar-refractivity contribution in [3.8, 4) is 11.6 Å².